The van der Waals surface area contributed by atoms with Gasteiger partial charge >= 0.3 is 0 Å². The average Bonchev–Trinajstić information content (AvgIpc) is 2.59. The highest BCUT2D eigenvalue weighted by Crippen LogP contribution is 2.28. The van der Waals surface area contributed by atoms with Gasteiger partial charge in [-0.1, -0.05) is 28.9 Å². The minimum absolute atomic E-state index is 0.0444. The molecule has 26 heavy (non-hydrogen) atoms. The Morgan fingerprint density at radius 3 is 2.38 bits per heavy atom. The maximum Gasteiger partial charge on any atom is 0.259 e. The fourth-order valence-corrected chi connectivity index (χ4v) is 2.73. The number of benzene rings is 2. The normalized spacial score (nSPS) is 10.5. The summed E-state index contributed by atoms with van der Waals surface area (Å²) in [5.74, 6) is 0.175. The number of nitrogens with one attached hydrogen (secondary N) is 2. The van der Waals surface area contributed by atoms with Crippen LogP contribution in [0, 0.1) is 6.92 Å². The third-order valence-corrected chi connectivity index (χ3v) is 4.22. The van der Waals surface area contributed by atoms with Crippen molar-refractivity contribution in [1.29, 1.82) is 0 Å². The van der Waals surface area contributed by atoms with E-state index >= 15 is 0 Å². The summed E-state index contributed by atoms with van der Waals surface area (Å²) in [7, 11) is 0. The number of hydrogen-bond donors (Lipinski definition) is 2. The van der Waals surface area contributed by atoms with E-state index in [-0.39, 0.29) is 17.9 Å². The molecule has 0 heterocycles. The van der Waals surface area contributed by atoms with E-state index in [0.29, 0.717) is 29.1 Å². The lowest BCUT2D eigenvalue weighted by Gasteiger charge is -2.16. The van der Waals surface area contributed by atoms with Gasteiger partial charge in [0.2, 0.25) is 5.91 Å². The Hall–Kier alpha value is -2.34. The van der Waals surface area contributed by atoms with Crippen LogP contribution >= 0.6 is 15.9 Å². The molecule has 2 amide bonds. The summed E-state index contributed by atoms with van der Waals surface area (Å²) < 4.78 is 6.53. The first-order valence-electron chi connectivity index (χ1n) is 8.48. The average molecular weight is 419 g/mol. The van der Waals surface area contributed by atoms with Gasteiger partial charge in [-0.3, -0.25) is 9.59 Å². The first kappa shape index (κ1) is 20.0. The monoisotopic (exact) mass is 418 g/mol. The zero-order valence-corrected chi connectivity index (χ0v) is 16.9. The van der Waals surface area contributed by atoms with E-state index in [0.717, 1.165) is 10.0 Å². The smallest absolute Gasteiger partial charge is 0.259 e. The number of hydrogen-bond acceptors (Lipinski definition) is 3. The molecule has 0 atom stereocenters. The summed E-state index contributed by atoms with van der Waals surface area (Å²) in [4.78, 5) is 24.5. The van der Waals surface area contributed by atoms with E-state index in [2.05, 4.69) is 26.6 Å². The van der Waals surface area contributed by atoms with Crippen molar-refractivity contribution in [3.8, 4) is 5.75 Å². The van der Waals surface area contributed by atoms with Crippen LogP contribution in [0.5, 0.6) is 5.75 Å². The zero-order chi connectivity index (χ0) is 19.3. The molecule has 0 radical (unpaired) electrons. The molecule has 0 bridgehead atoms. The molecule has 0 aromatic heterocycles. The maximum atomic E-state index is 12.8. The quantitative estimate of drug-likeness (QED) is 0.681. The highest BCUT2D eigenvalue weighted by Gasteiger charge is 2.16. The van der Waals surface area contributed by atoms with Crippen LogP contribution in [0.2, 0.25) is 0 Å². The summed E-state index contributed by atoms with van der Waals surface area (Å²) in [6.07, 6.45) is 0.348. The summed E-state index contributed by atoms with van der Waals surface area (Å²) in [6.45, 7) is 7.47. The molecule has 0 saturated carbocycles. The number of carbonyl (C=O) groups is 2. The van der Waals surface area contributed by atoms with Crippen molar-refractivity contribution in [2.45, 2.75) is 40.2 Å². The zero-order valence-electron chi connectivity index (χ0n) is 15.4. The van der Waals surface area contributed by atoms with Crippen molar-refractivity contribution in [2.75, 3.05) is 10.6 Å². The lowest BCUT2D eigenvalue weighted by atomic mass is 10.1. The Labute approximate surface area is 162 Å². The molecule has 0 saturated heterocycles. The van der Waals surface area contributed by atoms with Crippen LogP contribution in [0.1, 0.15) is 43.1 Å². The Morgan fingerprint density at radius 2 is 1.77 bits per heavy atom. The first-order valence-corrected chi connectivity index (χ1v) is 9.28. The van der Waals surface area contributed by atoms with Gasteiger partial charge in [-0.05, 0) is 56.7 Å². The van der Waals surface area contributed by atoms with Crippen LogP contribution in [-0.4, -0.2) is 17.9 Å². The second-order valence-corrected chi connectivity index (χ2v) is 7.06. The van der Waals surface area contributed by atoms with Gasteiger partial charge in [-0.25, -0.2) is 0 Å². The van der Waals surface area contributed by atoms with Crippen LogP contribution in [0.3, 0.4) is 0 Å². The number of ether oxygens (including phenoxy) is 1. The molecule has 2 rings (SSSR count). The van der Waals surface area contributed by atoms with Gasteiger partial charge in [0, 0.05) is 22.3 Å². The largest absolute Gasteiger partial charge is 0.490 e. The van der Waals surface area contributed by atoms with Gasteiger partial charge in [-0.2, -0.15) is 0 Å². The van der Waals surface area contributed by atoms with Crippen molar-refractivity contribution < 1.29 is 14.3 Å². The van der Waals surface area contributed by atoms with Gasteiger partial charge in [0.1, 0.15) is 5.75 Å². The third kappa shape index (κ3) is 5.08. The van der Waals surface area contributed by atoms with E-state index in [1.165, 1.54) is 0 Å². The predicted molar refractivity (Wildman–Crippen MR) is 108 cm³/mol. The highest BCUT2D eigenvalue weighted by atomic mass is 79.9. The first-order chi connectivity index (χ1) is 12.3. The topological polar surface area (TPSA) is 67.4 Å². The summed E-state index contributed by atoms with van der Waals surface area (Å²) in [6, 6.07) is 10.7. The van der Waals surface area contributed by atoms with Crippen LogP contribution in [0.25, 0.3) is 0 Å². The fraction of sp³-hybridized carbons (Fsp3) is 0.300. The van der Waals surface area contributed by atoms with Gasteiger partial charge in [0.25, 0.3) is 5.91 Å². The summed E-state index contributed by atoms with van der Waals surface area (Å²) >= 11 is 3.39. The number of anilines is 2. The second kappa shape index (κ2) is 8.85. The number of carbonyl (C=O) groups excluding carboxylic acids is 2. The standard InChI is InChI=1S/C20H23BrN2O3/c1-5-19(24)22-16-7-6-8-17(13(16)4)23-20(25)15-11-14(21)9-10-18(15)26-12(2)3/h6-12H,5H2,1-4H3,(H,22,24)(H,23,25). The van der Waals surface area contributed by atoms with Crippen LogP contribution in [0.15, 0.2) is 40.9 Å². The Balaban J connectivity index is 2.29. The second-order valence-electron chi connectivity index (χ2n) is 6.14. The molecule has 6 heteroatoms. The molecule has 0 spiro atoms. The maximum absolute atomic E-state index is 12.8. The SMILES string of the molecule is CCC(=O)Nc1cccc(NC(=O)c2cc(Br)ccc2OC(C)C)c1C. The molecule has 0 aliphatic carbocycles. The number of amides is 2. The van der Waals surface area contributed by atoms with E-state index in [1.54, 1.807) is 31.2 Å². The molecule has 2 aromatic rings. The van der Waals surface area contributed by atoms with Gasteiger partial charge < -0.3 is 15.4 Å². The third-order valence-electron chi connectivity index (χ3n) is 3.73. The predicted octanol–water partition coefficient (Wildman–Crippen LogP) is 5.15. The van der Waals surface area contributed by atoms with E-state index < -0.39 is 0 Å². The Morgan fingerprint density at radius 1 is 1.12 bits per heavy atom. The lowest BCUT2D eigenvalue weighted by Crippen LogP contribution is -2.17. The highest BCUT2D eigenvalue weighted by molar-refractivity contribution is 9.10. The van der Waals surface area contributed by atoms with Crippen molar-refractivity contribution in [1.82, 2.24) is 0 Å². The van der Waals surface area contributed by atoms with Crippen LogP contribution in [-0.2, 0) is 4.79 Å². The Kier molecular flexibility index (Phi) is 6.80. The number of halogens is 1. The van der Waals surface area contributed by atoms with Crippen molar-refractivity contribution in [3.63, 3.8) is 0 Å². The molecule has 0 aliphatic heterocycles. The molecular formula is C20H23BrN2O3. The van der Waals surface area contributed by atoms with E-state index in [1.807, 2.05) is 32.9 Å². The molecule has 2 N–H and O–H groups in total. The van der Waals surface area contributed by atoms with Gasteiger partial charge in [-0.15, -0.1) is 0 Å². The minimum atomic E-state index is -0.274. The summed E-state index contributed by atoms with van der Waals surface area (Å²) in [5.41, 5.74) is 2.56. The molecule has 5 nitrogen and oxygen atoms in total. The number of rotatable bonds is 6. The molecule has 138 valence electrons. The minimum Gasteiger partial charge on any atom is -0.490 e. The molecule has 2 aromatic carbocycles. The van der Waals surface area contributed by atoms with E-state index in [9.17, 15) is 9.59 Å². The molecule has 0 fully saturated rings. The molecule has 0 aliphatic rings. The molecule has 0 unspecified atom stereocenters. The Bertz CT molecular complexity index is 819. The van der Waals surface area contributed by atoms with Gasteiger partial charge in [0.05, 0.1) is 11.7 Å². The molecular weight excluding hydrogens is 396 g/mol. The van der Waals surface area contributed by atoms with Crippen molar-refractivity contribution in [3.05, 3.63) is 52.0 Å². The fourth-order valence-electron chi connectivity index (χ4n) is 2.37. The van der Waals surface area contributed by atoms with Crippen LogP contribution < -0.4 is 15.4 Å². The van der Waals surface area contributed by atoms with E-state index in [4.69, 9.17) is 4.74 Å². The van der Waals surface area contributed by atoms with Crippen LogP contribution in [0.4, 0.5) is 11.4 Å². The van der Waals surface area contributed by atoms with Gasteiger partial charge in [0.15, 0.2) is 0 Å². The lowest BCUT2D eigenvalue weighted by molar-refractivity contribution is -0.115. The summed E-state index contributed by atoms with van der Waals surface area (Å²) in [5, 5.41) is 5.75. The van der Waals surface area contributed by atoms with Crippen molar-refractivity contribution in [2.24, 2.45) is 0 Å². The van der Waals surface area contributed by atoms with Crippen molar-refractivity contribution >= 4 is 39.1 Å².